The van der Waals surface area contributed by atoms with Crippen molar-refractivity contribution < 1.29 is 19.5 Å². The zero-order chi connectivity index (χ0) is 37.0. The van der Waals surface area contributed by atoms with E-state index in [1.807, 2.05) is 24.3 Å². The predicted octanol–water partition coefficient (Wildman–Crippen LogP) is 8.47. The third-order valence-electron chi connectivity index (χ3n) is 11.0. The molecule has 4 aromatic rings. The van der Waals surface area contributed by atoms with Gasteiger partial charge in [0.1, 0.15) is 0 Å². The fraction of sp³-hybridized carbons (Fsp3) is 0.455. The van der Waals surface area contributed by atoms with Gasteiger partial charge in [-0.3, -0.25) is 0 Å². The lowest BCUT2D eigenvalue weighted by Gasteiger charge is -2.37. The quantitative estimate of drug-likeness (QED) is 0.181. The zero-order valence-corrected chi connectivity index (χ0v) is 33.1. The first-order valence-corrected chi connectivity index (χ1v) is 19.4. The van der Waals surface area contributed by atoms with Crippen molar-refractivity contribution in [3.05, 3.63) is 113 Å². The van der Waals surface area contributed by atoms with Crippen LogP contribution in [0.1, 0.15) is 79.7 Å². The zero-order valence-electron chi connectivity index (χ0n) is 31.5. The molecule has 292 valence electrons. The summed E-state index contributed by atoms with van der Waals surface area (Å²) in [5.41, 5.74) is 7.33. The molecule has 54 heavy (non-hydrogen) atoms. The van der Waals surface area contributed by atoms with Gasteiger partial charge < -0.3 is 39.1 Å². The van der Waals surface area contributed by atoms with Crippen LogP contribution in [-0.2, 0) is 9.31 Å². The van der Waals surface area contributed by atoms with Crippen LogP contribution >= 0.6 is 15.9 Å². The first kappa shape index (κ1) is 43.2. The summed E-state index contributed by atoms with van der Waals surface area (Å²) < 4.78 is 13.4. The second-order valence-corrected chi connectivity index (χ2v) is 16.1. The van der Waals surface area contributed by atoms with E-state index in [1.165, 1.54) is 22.7 Å². The molecular formula is C44H62BBrN4O4. The third-order valence-corrected chi connectivity index (χ3v) is 11.5. The van der Waals surface area contributed by atoms with Crippen molar-refractivity contribution in [2.75, 3.05) is 72.0 Å². The number of nitrogens with zero attached hydrogens (tertiary/aromatic N) is 4. The number of hydrogen-bond donors (Lipinski definition) is 2. The minimum Gasteiger partial charge on any atom is -0.399 e. The Kier molecular flexibility index (Phi) is 14.7. The lowest BCUT2D eigenvalue weighted by Crippen LogP contribution is -2.46. The van der Waals surface area contributed by atoms with Crippen molar-refractivity contribution in [2.45, 2.75) is 79.8 Å². The molecule has 2 N–H and O–H groups in total. The molecule has 0 spiro atoms. The van der Waals surface area contributed by atoms with Gasteiger partial charge in [-0.25, -0.2) is 0 Å². The Morgan fingerprint density at radius 1 is 0.500 bits per heavy atom. The number of piperazine rings is 2. The largest absolute Gasteiger partial charge is 0.494 e. The lowest BCUT2D eigenvalue weighted by atomic mass is 9.79. The maximum absolute atomic E-state index is 9.69. The minimum absolute atomic E-state index is 0. The Labute approximate surface area is 334 Å². The molecule has 0 radical (unpaired) electrons. The van der Waals surface area contributed by atoms with E-state index in [1.54, 1.807) is 13.8 Å². The van der Waals surface area contributed by atoms with E-state index in [2.05, 4.69) is 136 Å². The highest BCUT2D eigenvalue weighted by molar-refractivity contribution is 9.10. The molecule has 3 fully saturated rings. The standard InChI is InChI=1S/C24H33BN2O3.C18H21BrN2O.2CH4/c1-18(28)19-6-10-21(11-7-19)26-14-16-27(17-15-26)22-12-8-20(9-13-22)25-29-23(2,3)24(4,5)30-25;1-14(22)15-2-6-17(7-3-15)20-10-12-21(13-11-20)18-8-4-16(19)5-9-18;;/h6-13,18,28H,14-17H2,1-5H3;2-9,14,22H,10-13H2,1H3;2*1H4. The molecule has 3 saturated heterocycles. The Morgan fingerprint density at radius 3 is 1.04 bits per heavy atom. The number of rotatable bonds is 7. The van der Waals surface area contributed by atoms with Crippen molar-refractivity contribution in [3.63, 3.8) is 0 Å². The smallest absolute Gasteiger partial charge is 0.399 e. The average Bonchev–Trinajstić information content (AvgIpc) is 3.38. The molecule has 0 bridgehead atoms. The summed E-state index contributed by atoms with van der Waals surface area (Å²) in [5.74, 6) is 0. The maximum Gasteiger partial charge on any atom is 0.494 e. The summed E-state index contributed by atoms with van der Waals surface area (Å²) in [4.78, 5) is 9.66. The molecule has 4 aromatic carbocycles. The first-order valence-electron chi connectivity index (χ1n) is 18.6. The molecule has 0 aliphatic carbocycles. The minimum atomic E-state index is -0.420. The SMILES string of the molecule is C.C.CC(O)c1ccc(N2CCN(c3ccc(B4OC(C)(C)C(C)(C)O4)cc3)CC2)cc1.CC(O)c1ccc(N2CCN(c3ccc(Br)cc3)CC2)cc1. The number of anilines is 4. The Hall–Kier alpha value is -3.54. The van der Waals surface area contributed by atoms with Crippen molar-refractivity contribution in [1.82, 2.24) is 0 Å². The van der Waals surface area contributed by atoms with Gasteiger partial charge in [-0.2, -0.15) is 0 Å². The lowest BCUT2D eigenvalue weighted by molar-refractivity contribution is 0.00578. The van der Waals surface area contributed by atoms with Crippen LogP contribution in [-0.4, -0.2) is 80.9 Å². The molecule has 3 heterocycles. The first-order chi connectivity index (χ1) is 24.8. The van der Waals surface area contributed by atoms with E-state index in [0.717, 1.165) is 73.4 Å². The second-order valence-electron chi connectivity index (χ2n) is 15.1. The van der Waals surface area contributed by atoms with Crippen LogP contribution < -0.4 is 25.1 Å². The van der Waals surface area contributed by atoms with Crippen molar-refractivity contribution in [2.24, 2.45) is 0 Å². The van der Waals surface area contributed by atoms with Gasteiger partial charge in [0.05, 0.1) is 23.4 Å². The number of hydrogen-bond acceptors (Lipinski definition) is 8. The highest BCUT2D eigenvalue weighted by Crippen LogP contribution is 2.36. The Morgan fingerprint density at radius 2 is 0.759 bits per heavy atom. The van der Waals surface area contributed by atoms with E-state index < -0.39 is 12.2 Å². The number of halogens is 1. The topological polar surface area (TPSA) is 71.9 Å². The van der Waals surface area contributed by atoms with E-state index >= 15 is 0 Å². The molecular weight excluding hydrogens is 739 g/mol. The summed E-state index contributed by atoms with van der Waals surface area (Å²) in [6.07, 6.45) is -0.820. The highest BCUT2D eigenvalue weighted by Gasteiger charge is 2.51. The summed E-state index contributed by atoms with van der Waals surface area (Å²) in [5, 5.41) is 19.3. The maximum atomic E-state index is 9.69. The van der Waals surface area contributed by atoms with Crippen molar-refractivity contribution in [3.8, 4) is 0 Å². The summed E-state index contributed by atoms with van der Waals surface area (Å²) in [7, 11) is -0.314. The van der Waals surface area contributed by atoms with E-state index in [4.69, 9.17) is 9.31 Å². The fourth-order valence-electron chi connectivity index (χ4n) is 6.85. The predicted molar refractivity (Wildman–Crippen MR) is 233 cm³/mol. The molecule has 3 aliphatic heterocycles. The molecule has 2 unspecified atom stereocenters. The summed E-state index contributed by atoms with van der Waals surface area (Å²) in [6, 6.07) is 33.6. The second kappa shape index (κ2) is 18.4. The molecule has 2 atom stereocenters. The third kappa shape index (κ3) is 10.2. The molecule has 3 aliphatic rings. The summed E-state index contributed by atoms with van der Waals surface area (Å²) >= 11 is 3.48. The van der Waals surface area contributed by atoms with Crippen LogP contribution in [0.25, 0.3) is 0 Å². The van der Waals surface area contributed by atoms with Crippen molar-refractivity contribution in [1.29, 1.82) is 0 Å². The van der Waals surface area contributed by atoms with Gasteiger partial charge in [0, 0.05) is 79.6 Å². The number of benzene rings is 4. The van der Waals surface area contributed by atoms with E-state index in [9.17, 15) is 10.2 Å². The van der Waals surface area contributed by atoms with Crippen LogP contribution in [0.15, 0.2) is 102 Å². The normalized spacial score (nSPS) is 18.9. The molecule has 0 aromatic heterocycles. The van der Waals surface area contributed by atoms with E-state index in [-0.39, 0.29) is 33.2 Å². The Bertz CT molecular complexity index is 1700. The molecule has 0 saturated carbocycles. The van der Waals surface area contributed by atoms with E-state index in [0.29, 0.717) is 0 Å². The Balaban J connectivity index is 0.000000242. The van der Waals surface area contributed by atoms with Gasteiger partial charge >= 0.3 is 7.12 Å². The number of aliphatic hydroxyl groups is 2. The van der Waals surface area contributed by atoms with Crippen molar-refractivity contribution >= 4 is 51.3 Å². The van der Waals surface area contributed by atoms with Crippen LogP contribution in [0, 0.1) is 0 Å². The fourth-order valence-corrected chi connectivity index (χ4v) is 7.11. The molecule has 10 heteroatoms. The van der Waals surface area contributed by atoms with Crippen LogP contribution in [0.2, 0.25) is 0 Å². The van der Waals surface area contributed by atoms with Gasteiger partial charge in [-0.15, -0.1) is 0 Å². The van der Waals surface area contributed by atoms with Gasteiger partial charge in [-0.05, 0) is 119 Å². The van der Waals surface area contributed by atoms with Crippen LogP contribution in [0.5, 0.6) is 0 Å². The van der Waals surface area contributed by atoms with Gasteiger partial charge in [0.25, 0.3) is 0 Å². The van der Waals surface area contributed by atoms with Crippen LogP contribution in [0.3, 0.4) is 0 Å². The van der Waals surface area contributed by atoms with Gasteiger partial charge in [0.15, 0.2) is 0 Å². The molecule has 7 rings (SSSR count). The van der Waals surface area contributed by atoms with Crippen LogP contribution in [0.4, 0.5) is 22.7 Å². The molecule has 0 amide bonds. The molecule has 8 nitrogen and oxygen atoms in total. The highest BCUT2D eigenvalue weighted by atomic mass is 79.9. The number of aliphatic hydroxyl groups excluding tert-OH is 2. The monoisotopic (exact) mass is 800 g/mol. The average molecular weight is 802 g/mol. The van der Waals surface area contributed by atoms with Gasteiger partial charge in [0.2, 0.25) is 0 Å². The summed E-state index contributed by atoms with van der Waals surface area (Å²) in [6.45, 7) is 19.9. The van der Waals surface area contributed by atoms with Gasteiger partial charge in [-0.1, -0.05) is 67.2 Å².